The second-order valence-corrected chi connectivity index (χ2v) is 14.2. The second-order valence-electron chi connectivity index (χ2n) is 10.2. The van der Waals surface area contributed by atoms with Crippen molar-refractivity contribution in [2.24, 2.45) is 11.8 Å². The van der Waals surface area contributed by atoms with Crippen LogP contribution in [-0.2, 0) is 9.59 Å². The maximum Gasteiger partial charge on any atom is 0.345 e. The number of benzene rings is 3. The third-order valence-electron chi connectivity index (χ3n) is 7.36. The van der Waals surface area contributed by atoms with Crippen molar-refractivity contribution in [3.63, 3.8) is 0 Å². The summed E-state index contributed by atoms with van der Waals surface area (Å²) in [5.74, 6) is -4.39. The molecule has 0 unspecified atom stereocenters. The zero-order valence-electron chi connectivity index (χ0n) is 22.3. The van der Waals surface area contributed by atoms with E-state index in [4.69, 9.17) is 51.1 Å². The van der Waals surface area contributed by atoms with Crippen LogP contribution >= 0.6 is 78.3 Å². The van der Waals surface area contributed by atoms with E-state index in [1.807, 2.05) is 0 Å². The highest BCUT2D eigenvalue weighted by Gasteiger charge is 2.54. The van der Waals surface area contributed by atoms with Crippen LogP contribution in [0.1, 0.15) is 43.9 Å². The maximum atomic E-state index is 13.8. The molecular weight excluding hydrogens is 786 g/mol. The normalized spacial score (nSPS) is 21.2. The first kappa shape index (κ1) is 32.9. The van der Waals surface area contributed by atoms with E-state index >= 15 is 0 Å². The van der Waals surface area contributed by atoms with Crippen LogP contribution in [0.2, 0.25) is 20.1 Å². The van der Waals surface area contributed by atoms with E-state index in [-0.39, 0.29) is 47.2 Å². The zero-order valence-corrected chi connectivity index (χ0v) is 28.5. The monoisotopic (exact) mass is 802 g/mol. The minimum absolute atomic E-state index is 0.0301. The number of imide groups is 1. The summed E-state index contributed by atoms with van der Waals surface area (Å²) in [4.78, 5) is 66.9. The van der Waals surface area contributed by atoms with E-state index in [0.717, 1.165) is 10.0 Å². The second kappa shape index (κ2) is 13.5. The van der Waals surface area contributed by atoms with Gasteiger partial charge < -0.3 is 4.74 Å². The lowest BCUT2D eigenvalue weighted by atomic mass is 9.81. The Hall–Kier alpha value is -2.47. The molecule has 3 aromatic rings. The van der Waals surface area contributed by atoms with E-state index in [2.05, 4.69) is 31.9 Å². The number of esters is 1. The van der Waals surface area contributed by atoms with Gasteiger partial charge in [-0.1, -0.05) is 78.3 Å². The molecule has 0 radical (unpaired) electrons. The number of fused-ring (bicyclic) bond motifs is 1. The lowest BCUT2D eigenvalue weighted by Crippen LogP contribution is -2.52. The molecule has 3 amide bonds. The van der Waals surface area contributed by atoms with Gasteiger partial charge in [0.05, 0.1) is 32.5 Å². The van der Waals surface area contributed by atoms with Crippen LogP contribution in [0.5, 0.6) is 5.75 Å². The summed E-state index contributed by atoms with van der Waals surface area (Å²) in [5.41, 5.74) is 0.270. The van der Waals surface area contributed by atoms with Crippen molar-refractivity contribution >= 4 is 108 Å². The molecule has 0 aromatic heterocycles. The number of nitrogens with zero attached hydrogens (tertiary/aromatic N) is 2. The van der Waals surface area contributed by atoms with Crippen LogP contribution < -0.4 is 4.74 Å². The Morgan fingerprint density at radius 3 is 1.93 bits per heavy atom. The molecule has 2 aliphatic rings. The van der Waals surface area contributed by atoms with Gasteiger partial charge in [-0.25, -0.2) is 9.80 Å². The number of amides is 3. The smallest absolute Gasteiger partial charge is 0.345 e. The summed E-state index contributed by atoms with van der Waals surface area (Å²) in [5, 5.41) is 2.41. The first-order valence-corrected chi connectivity index (χ1v) is 16.4. The van der Waals surface area contributed by atoms with Crippen LogP contribution in [0.25, 0.3) is 0 Å². The molecule has 44 heavy (non-hydrogen) atoms. The van der Waals surface area contributed by atoms with Gasteiger partial charge in [0, 0.05) is 25.8 Å². The number of halogens is 6. The topological polar surface area (TPSA) is 101 Å². The van der Waals surface area contributed by atoms with Gasteiger partial charge in [-0.15, -0.1) is 0 Å². The minimum Gasteiger partial charge on any atom is -0.423 e. The van der Waals surface area contributed by atoms with E-state index < -0.39 is 47.9 Å². The highest BCUT2D eigenvalue weighted by molar-refractivity contribution is 9.12. The number of rotatable bonds is 7. The van der Waals surface area contributed by atoms with Crippen LogP contribution in [0.4, 0.5) is 0 Å². The summed E-state index contributed by atoms with van der Waals surface area (Å²) in [6.07, 6.45) is 0.762. The Balaban J connectivity index is 1.39. The van der Waals surface area contributed by atoms with Crippen molar-refractivity contribution in [2.75, 3.05) is 6.54 Å². The third-order valence-corrected chi connectivity index (χ3v) is 11.4. The average Bonchev–Trinajstić information content (AvgIpc) is 3.21. The van der Waals surface area contributed by atoms with Crippen molar-refractivity contribution in [2.45, 2.75) is 22.5 Å². The summed E-state index contributed by atoms with van der Waals surface area (Å²) in [7, 11) is 0. The van der Waals surface area contributed by atoms with Gasteiger partial charge in [0.2, 0.25) is 0 Å². The van der Waals surface area contributed by atoms with Crippen LogP contribution in [0.15, 0.2) is 60.7 Å². The number of alkyl halides is 2. The van der Waals surface area contributed by atoms with Crippen LogP contribution in [0.3, 0.4) is 0 Å². The molecule has 8 nitrogen and oxygen atoms in total. The quantitative estimate of drug-likeness (QED) is 0.0799. The lowest BCUT2D eigenvalue weighted by Gasteiger charge is -2.30. The number of hydrogen-bond donors (Lipinski definition) is 0. The Labute approximate surface area is 288 Å². The largest absolute Gasteiger partial charge is 0.423 e. The zero-order chi connectivity index (χ0) is 31.9. The highest BCUT2D eigenvalue weighted by atomic mass is 79.9. The molecule has 0 spiro atoms. The van der Waals surface area contributed by atoms with Gasteiger partial charge in [0.15, 0.2) is 5.78 Å². The summed E-state index contributed by atoms with van der Waals surface area (Å²) >= 11 is 31.2. The van der Waals surface area contributed by atoms with Crippen molar-refractivity contribution in [1.82, 2.24) is 10.0 Å². The number of carbonyl (C=O) groups excluding carboxylic acids is 5. The molecule has 1 aliphatic heterocycles. The highest BCUT2D eigenvalue weighted by Crippen LogP contribution is 2.44. The number of ketones is 1. The molecule has 1 aliphatic carbocycles. The molecule has 2 fully saturated rings. The van der Waals surface area contributed by atoms with Gasteiger partial charge in [0.25, 0.3) is 17.7 Å². The van der Waals surface area contributed by atoms with Crippen molar-refractivity contribution < 1.29 is 28.7 Å². The number of Topliss-reactive ketones (excluding diaryl/α,β-unsaturated/α-hetero) is 1. The number of hydrogen-bond acceptors (Lipinski definition) is 6. The Kier molecular flexibility index (Phi) is 10.1. The minimum atomic E-state index is -0.784. The van der Waals surface area contributed by atoms with Crippen molar-refractivity contribution in [3.05, 3.63) is 97.4 Å². The fourth-order valence-electron chi connectivity index (χ4n) is 5.08. The predicted octanol–water partition coefficient (Wildman–Crippen LogP) is 7.68. The van der Waals surface area contributed by atoms with E-state index in [9.17, 15) is 24.0 Å². The Morgan fingerprint density at radius 2 is 1.36 bits per heavy atom. The molecule has 4 atom stereocenters. The standard InChI is InChI=1S/C30H20Br2Cl4N2O6/c31-21-11-19-20(12-22(21)32)29(42)38(28(19)41)37(27(40)15-3-8-23(34)25(36)9-15)13-26(39)14-1-5-17(6-2-14)44-30(43)18-7-4-16(33)10-24(18)35/h1-10,19-22H,11-13H2/t19-,20+,21+,22-. The maximum absolute atomic E-state index is 13.8. The van der Waals surface area contributed by atoms with Gasteiger partial charge in [0.1, 0.15) is 12.3 Å². The predicted molar refractivity (Wildman–Crippen MR) is 173 cm³/mol. The first-order chi connectivity index (χ1) is 20.8. The summed E-state index contributed by atoms with van der Waals surface area (Å²) in [6, 6.07) is 14.0. The van der Waals surface area contributed by atoms with Gasteiger partial charge in [-0.3, -0.25) is 19.2 Å². The van der Waals surface area contributed by atoms with Crippen molar-refractivity contribution in [1.29, 1.82) is 0 Å². The van der Waals surface area contributed by atoms with Gasteiger partial charge >= 0.3 is 5.97 Å². The van der Waals surface area contributed by atoms with E-state index in [1.165, 1.54) is 60.7 Å². The fourth-order valence-corrected chi connectivity index (χ4v) is 7.10. The molecule has 1 saturated heterocycles. The lowest BCUT2D eigenvalue weighted by molar-refractivity contribution is -0.154. The number of hydrazine groups is 1. The molecule has 0 N–H and O–H groups in total. The molecule has 1 heterocycles. The third kappa shape index (κ3) is 6.71. The number of ether oxygens (including phenoxy) is 1. The molecule has 1 saturated carbocycles. The summed E-state index contributed by atoms with van der Waals surface area (Å²) in [6.45, 7) is -0.634. The van der Waals surface area contributed by atoms with E-state index in [0.29, 0.717) is 17.9 Å². The van der Waals surface area contributed by atoms with Crippen LogP contribution in [0, 0.1) is 11.8 Å². The fraction of sp³-hybridized carbons (Fsp3) is 0.233. The Bertz CT molecular complexity index is 1660. The molecule has 0 bridgehead atoms. The Morgan fingerprint density at radius 1 is 0.773 bits per heavy atom. The molecule has 14 heteroatoms. The van der Waals surface area contributed by atoms with Gasteiger partial charge in [-0.2, -0.15) is 5.01 Å². The summed E-state index contributed by atoms with van der Waals surface area (Å²) < 4.78 is 5.36. The SMILES string of the molecule is O=C(CN(C(=O)c1ccc(Cl)c(Cl)c1)N1C(=O)[C@H]2C[C@@H](Br)[C@@H](Br)C[C@H]2C1=O)c1ccc(OC(=O)c2ccc(Cl)cc2Cl)cc1. The molecule has 3 aromatic carbocycles. The molecule has 228 valence electrons. The van der Waals surface area contributed by atoms with Crippen LogP contribution in [-0.4, -0.2) is 55.7 Å². The molecule has 5 rings (SSSR count). The molecular formula is C30H20Br2Cl4N2O6. The first-order valence-electron chi connectivity index (χ1n) is 13.1. The van der Waals surface area contributed by atoms with E-state index in [1.54, 1.807) is 0 Å². The average molecular weight is 806 g/mol. The van der Waals surface area contributed by atoms with Gasteiger partial charge in [-0.05, 0) is 73.5 Å². The number of carbonyl (C=O) groups is 5. The van der Waals surface area contributed by atoms with Crippen molar-refractivity contribution in [3.8, 4) is 5.75 Å².